The molecule has 0 fully saturated rings. The number of rotatable bonds is 8. The van der Waals surface area contributed by atoms with Crippen molar-refractivity contribution in [2.45, 2.75) is 6.54 Å². The van der Waals surface area contributed by atoms with Gasteiger partial charge >= 0.3 is 0 Å². The van der Waals surface area contributed by atoms with Gasteiger partial charge in [0.2, 0.25) is 0 Å². The number of nitrogens with zero attached hydrogens (tertiary/aromatic N) is 2. The molecule has 7 heteroatoms. The molecule has 0 saturated heterocycles. The number of hydrogen-bond acceptors (Lipinski definition) is 5. The lowest BCUT2D eigenvalue weighted by Gasteiger charge is -2.09. The molecule has 0 atom stereocenters. The molecule has 0 radical (unpaired) electrons. The standard InChI is InChI=1S/C11H16ClN3O3/c1-2-4-15-11(17)10(12)9(8-14-15)13-3-6-18-7-5-16/h2,8,13,16H,1,3-7H2. The topological polar surface area (TPSA) is 76.4 Å². The Hall–Kier alpha value is -1.37. The summed E-state index contributed by atoms with van der Waals surface area (Å²) in [5, 5.41) is 15.5. The Balaban J connectivity index is 2.59. The highest BCUT2D eigenvalue weighted by molar-refractivity contribution is 6.32. The molecule has 18 heavy (non-hydrogen) atoms. The molecule has 6 nitrogen and oxygen atoms in total. The molecule has 0 unspecified atom stereocenters. The second-order valence-electron chi connectivity index (χ2n) is 3.41. The maximum atomic E-state index is 11.7. The van der Waals surface area contributed by atoms with Crippen LogP contribution in [0.15, 0.2) is 23.6 Å². The van der Waals surface area contributed by atoms with E-state index in [9.17, 15) is 4.79 Å². The lowest BCUT2D eigenvalue weighted by Crippen LogP contribution is -2.24. The van der Waals surface area contributed by atoms with E-state index in [4.69, 9.17) is 21.4 Å². The molecule has 0 amide bonds. The summed E-state index contributed by atoms with van der Waals surface area (Å²) in [6.07, 6.45) is 3.06. The van der Waals surface area contributed by atoms with Gasteiger partial charge in [0.15, 0.2) is 0 Å². The molecule has 0 aromatic carbocycles. The summed E-state index contributed by atoms with van der Waals surface area (Å²) in [5.41, 5.74) is 0.104. The number of anilines is 1. The van der Waals surface area contributed by atoms with Crippen molar-refractivity contribution >= 4 is 17.3 Å². The van der Waals surface area contributed by atoms with Crippen LogP contribution in [0.25, 0.3) is 0 Å². The molecule has 1 heterocycles. The summed E-state index contributed by atoms with van der Waals surface area (Å²) in [6.45, 7) is 5.01. The molecule has 0 aliphatic rings. The van der Waals surface area contributed by atoms with E-state index in [1.165, 1.54) is 10.9 Å². The molecule has 0 bridgehead atoms. The Bertz CT molecular complexity index is 448. The van der Waals surface area contributed by atoms with Crippen LogP contribution in [0.1, 0.15) is 0 Å². The number of aliphatic hydroxyl groups excluding tert-OH is 1. The van der Waals surface area contributed by atoms with Crippen molar-refractivity contribution in [2.75, 3.05) is 31.7 Å². The summed E-state index contributed by atoms with van der Waals surface area (Å²) in [5.74, 6) is 0. The van der Waals surface area contributed by atoms with Gasteiger partial charge in [-0.25, -0.2) is 4.68 Å². The highest BCUT2D eigenvalue weighted by atomic mass is 35.5. The van der Waals surface area contributed by atoms with Crippen molar-refractivity contribution in [3.8, 4) is 0 Å². The zero-order valence-corrected chi connectivity index (χ0v) is 10.7. The lowest BCUT2D eigenvalue weighted by molar-refractivity contribution is 0.0992. The Morgan fingerprint density at radius 1 is 1.61 bits per heavy atom. The summed E-state index contributed by atoms with van der Waals surface area (Å²) in [4.78, 5) is 11.7. The second kappa shape index (κ2) is 7.86. The quantitative estimate of drug-likeness (QED) is 0.533. The molecule has 0 aliphatic carbocycles. The monoisotopic (exact) mass is 273 g/mol. The average Bonchev–Trinajstić information content (AvgIpc) is 2.37. The molecule has 0 spiro atoms. The highest BCUT2D eigenvalue weighted by Crippen LogP contribution is 2.14. The summed E-state index contributed by atoms with van der Waals surface area (Å²) < 4.78 is 6.29. The van der Waals surface area contributed by atoms with Crippen molar-refractivity contribution in [3.63, 3.8) is 0 Å². The minimum Gasteiger partial charge on any atom is -0.394 e. The largest absolute Gasteiger partial charge is 0.394 e. The number of allylic oxidation sites excluding steroid dienone is 1. The van der Waals surface area contributed by atoms with Crippen molar-refractivity contribution in [2.24, 2.45) is 0 Å². The van der Waals surface area contributed by atoms with E-state index in [0.29, 0.717) is 25.4 Å². The van der Waals surface area contributed by atoms with Gasteiger partial charge < -0.3 is 15.2 Å². The van der Waals surface area contributed by atoms with Gasteiger partial charge in [-0.2, -0.15) is 5.10 Å². The Kier molecular flexibility index (Phi) is 6.42. The van der Waals surface area contributed by atoms with E-state index < -0.39 is 0 Å². The summed E-state index contributed by atoms with van der Waals surface area (Å²) in [7, 11) is 0. The van der Waals surface area contributed by atoms with Crippen molar-refractivity contribution in [1.82, 2.24) is 9.78 Å². The third kappa shape index (κ3) is 4.14. The first-order valence-corrected chi connectivity index (χ1v) is 5.87. The van der Waals surface area contributed by atoms with E-state index in [1.54, 1.807) is 6.08 Å². The normalized spacial score (nSPS) is 10.3. The maximum Gasteiger partial charge on any atom is 0.287 e. The van der Waals surface area contributed by atoms with E-state index in [1.807, 2.05) is 0 Å². The molecule has 1 rings (SSSR count). The third-order valence-corrected chi connectivity index (χ3v) is 2.45. The zero-order chi connectivity index (χ0) is 13.4. The second-order valence-corrected chi connectivity index (χ2v) is 3.79. The number of hydrogen-bond donors (Lipinski definition) is 2. The minimum absolute atomic E-state index is 0.0140. The SMILES string of the molecule is C=CCn1ncc(NCCOCCO)c(Cl)c1=O. The smallest absolute Gasteiger partial charge is 0.287 e. The van der Waals surface area contributed by atoms with Crippen LogP contribution in [-0.2, 0) is 11.3 Å². The van der Waals surface area contributed by atoms with Crippen LogP contribution in [0.3, 0.4) is 0 Å². The van der Waals surface area contributed by atoms with Gasteiger partial charge in [0, 0.05) is 6.54 Å². The van der Waals surface area contributed by atoms with E-state index >= 15 is 0 Å². The average molecular weight is 274 g/mol. The van der Waals surface area contributed by atoms with Gasteiger partial charge in [-0.1, -0.05) is 17.7 Å². The third-order valence-electron chi connectivity index (χ3n) is 2.08. The number of aromatic nitrogens is 2. The van der Waals surface area contributed by atoms with E-state index in [2.05, 4.69) is 17.0 Å². The fourth-order valence-corrected chi connectivity index (χ4v) is 1.48. The van der Waals surface area contributed by atoms with Gasteiger partial charge in [0.05, 0.1) is 38.2 Å². The van der Waals surface area contributed by atoms with E-state index in [0.717, 1.165) is 0 Å². The fraction of sp³-hybridized carbons (Fsp3) is 0.455. The van der Waals surface area contributed by atoms with Crippen LogP contribution in [0, 0.1) is 0 Å². The van der Waals surface area contributed by atoms with Gasteiger partial charge in [-0.05, 0) is 0 Å². The first-order chi connectivity index (χ1) is 8.70. The van der Waals surface area contributed by atoms with Crippen LogP contribution in [0.4, 0.5) is 5.69 Å². The van der Waals surface area contributed by atoms with Crippen molar-refractivity contribution in [1.29, 1.82) is 0 Å². The van der Waals surface area contributed by atoms with Gasteiger partial charge in [0.1, 0.15) is 5.02 Å². The molecule has 1 aromatic rings. The predicted octanol–water partition coefficient (Wildman–Crippen LogP) is 0.503. The van der Waals surface area contributed by atoms with Crippen LogP contribution < -0.4 is 10.9 Å². The number of aliphatic hydroxyl groups is 1. The molecule has 100 valence electrons. The lowest BCUT2D eigenvalue weighted by atomic mass is 10.4. The van der Waals surface area contributed by atoms with Crippen LogP contribution >= 0.6 is 11.6 Å². The molecule has 2 N–H and O–H groups in total. The maximum absolute atomic E-state index is 11.7. The number of ether oxygens (including phenoxy) is 1. The van der Waals surface area contributed by atoms with Gasteiger partial charge in [-0.15, -0.1) is 6.58 Å². The number of halogens is 1. The van der Waals surface area contributed by atoms with Crippen LogP contribution in [0.5, 0.6) is 0 Å². The predicted molar refractivity (Wildman–Crippen MR) is 70.1 cm³/mol. The first-order valence-electron chi connectivity index (χ1n) is 5.49. The Labute approximate surface area is 110 Å². The minimum atomic E-state index is -0.363. The van der Waals surface area contributed by atoms with E-state index in [-0.39, 0.29) is 23.8 Å². The molecule has 1 aromatic heterocycles. The van der Waals surface area contributed by atoms with Gasteiger partial charge in [0.25, 0.3) is 5.56 Å². The fourth-order valence-electron chi connectivity index (χ4n) is 1.27. The van der Waals surface area contributed by atoms with Crippen LogP contribution in [0.2, 0.25) is 5.02 Å². The first kappa shape index (κ1) is 14.7. The van der Waals surface area contributed by atoms with Crippen molar-refractivity contribution in [3.05, 3.63) is 34.2 Å². The molecular weight excluding hydrogens is 258 g/mol. The molecular formula is C11H16ClN3O3. The van der Waals surface area contributed by atoms with Crippen LogP contribution in [-0.4, -0.2) is 41.3 Å². The van der Waals surface area contributed by atoms with Gasteiger partial charge in [-0.3, -0.25) is 4.79 Å². The number of nitrogens with one attached hydrogen (secondary N) is 1. The molecule has 0 aliphatic heterocycles. The Morgan fingerprint density at radius 3 is 3.06 bits per heavy atom. The van der Waals surface area contributed by atoms with Crippen molar-refractivity contribution < 1.29 is 9.84 Å². The zero-order valence-electron chi connectivity index (χ0n) is 9.93. The summed E-state index contributed by atoms with van der Waals surface area (Å²) in [6, 6.07) is 0. The molecule has 0 saturated carbocycles. The Morgan fingerprint density at radius 2 is 2.39 bits per heavy atom. The summed E-state index contributed by atoms with van der Waals surface area (Å²) >= 11 is 5.92. The highest BCUT2D eigenvalue weighted by Gasteiger charge is 2.07.